The largest absolute Gasteiger partial charge is 0.481 e. The highest BCUT2D eigenvalue weighted by Crippen LogP contribution is 2.37. The minimum atomic E-state index is -0.478. The van der Waals surface area contributed by atoms with Gasteiger partial charge in [0.25, 0.3) is 5.91 Å². The van der Waals surface area contributed by atoms with E-state index in [-0.39, 0.29) is 24.1 Å². The van der Waals surface area contributed by atoms with Crippen LogP contribution in [0.1, 0.15) is 32.6 Å². The molecule has 2 aliphatic heterocycles. The fourth-order valence-corrected chi connectivity index (χ4v) is 4.13. The Balaban J connectivity index is 1.39. The molecule has 1 aromatic heterocycles. The molecular formula is C21H24N2O3. The van der Waals surface area contributed by atoms with Crippen molar-refractivity contribution in [1.82, 2.24) is 9.88 Å². The zero-order valence-corrected chi connectivity index (χ0v) is 15.0. The Morgan fingerprint density at radius 1 is 1.08 bits per heavy atom. The topological polar surface area (TPSA) is 51.7 Å². The second-order valence-electron chi connectivity index (χ2n) is 7.08. The van der Waals surface area contributed by atoms with Crippen LogP contribution in [0.2, 0.25) is 0 Å². The van der Waals surface area contributed by atoms with E-state index in [9.17, 15) is 4.79 Å². The van der Waals surface area contributed by atoms with Gasteiger partial charge in [-0.15, -0.1) is 0 Å². The molecule has 0 radical (unpaired) electrons. The molecule has 2 aromatic rings. The highest BCUT2D eigenvalue weighted by molar-refractivity contribution is 5.82. The summed E-state index contributed by atoms with van der Waals surface area (Å²) in [6, 6.07) is 15.7. The average molecular weight is 352 g/mol. The van der Waals surface area contributed by atoms with Gasteiger partial charge >= 0.3 is 0 Å². The lowest BCUT2D eigenvalue weighted by Crippen LogP contribution is -2.52. The molecular weight excluding hydrogens is 328 g/mol. The molecule has 5 nitrogen and oxygen atoms in total. The van der Waals surface area contributed by atoms with Crippen LogP contribution in [-0.2, 0) is 4.79 Å². The van der Waals surface area contributed by atoms with Gasteiger partial charge in [-0.1, -0.05) is 24.3 Å². The third-order valence-corrected chi connectivity index (χ3v) is 5.27. The molecule has 0 N–H and O–H groups in total. The number of pyridine rings is 1. The summed E-state index contributed by atoms with van der Waals surface area (Å²) in [7, 11) is 0. The van der Waals surface area contributed by atoms with Crippen LogP contribution in [0.25, 0.3) is 0 Å². The summed E-state index contributed by atoms with van der Waals surface area (Å²) in [5.74, 6) is 1.48. The number of para-hydroxylation sites is 1. The maximum atomic E-state index is 13.0. The normalized spacial score (nSPS) is 25.6. The highest BCUT2D eigenvalue weighted by atomic mass is 16.5. The number of ether oxygens (including phenoxy) is 2. The van der Waals surface area contributed by atoms with Gasteiger partial charge in [-0.25, -0.2) is 4.98 Å². The van der Waals surface area contributed by atoms with Gasteiger partial charge < -0.3 is 14.4 Å². The quantitative estimate of drug-likeness (QED) is 0.827. The van der Waals surface area contributed by atoms with Crippen LogP contribution in [0.3, 0.4) is 0 Å². The Morgan fingerprint density at radius 2 is 1.77 bits per heavy atom. The van der Waals surface area contributed by atoms with Gasteiger partial charge in [0.05, 0.1) is 0 Å². The summed E-state index contributed by atoms with van der Waals surface area (Å²) in [4.78, 5) is 19.3. The van der Waals surface area contributed by atoms with E-state index in [0.29, 0.717) is 5.88 Å². The molecule has 136 valence electrons. The molecule has 2 bridgehead atoms. The predicted molar refractivity (Wildman–Crippen MR) is 98.1 cm³/mol. The van der Waals surface area contributed by atoms with Gasteiger partial charge in [0.15, 0.2) is 6.10 Å². The van der Waals surface area contributed by atoms with Crippen LogP contribution in [0.15, 0.2) is 54.7 Å². The molecule has 5 heteroatoms. The van der Waals surface area contributed by atoms with E-state index in [1.54, 1.807) is 6.20 Å². The van der Waals surface area contributed by atoms with Crippen LogP contribution in [0, 0.1) is 0 Å². The van der Waals surface area contributed by atoms with Gasteiger partial charge in [0, 0.05) is 37.2 Å². The minimum absolute atomic E-state index is 0.0811. The van der Waals surface area contributed by atoms with Crippen LogP contribution < -0.4 is 9.47 Å². The number of piperidine rings is 1. The first-order valence-electron chi connectivity index (χ1n) is 9.32. The van der Waals surface area contributed by atoms with Crippen LogP contribution >= 0.6 is 0 Å². The number of carbonyl (C=O) groups is 1. The van der Waals surface area contributed by atoms with Crippen LogP contribution in [0.5, 0.6) is 11.6 Å². The first-order chi connectivity index (χ1) is 12.7. The number of rotatable bonds is 5. The third-order valence-electron chi connectivity index (χ3n) is 5.27. The van der Waals surface area contributed by atoms with E-state index < -0.39 is 6.10 Å². The van der Waals surface area contributed by atoms with E-state index in [1.165, 1.54) is 0 Å². The number of carbonyl (C=O) groups excluding carboxylic acids is 1. The van der Waals surface area contributed by atoms with Crippen molar-refractivity contribution < 1.29 is 14.3 Å². The Hall–Kier alpha value is -2.56. The van der Waals surface area contributed by atoms with Crippen LogP contribution in [0.4, 0.5) is 0 Å². The standard InChI is InChI=1S/C21H24N2O3/c1-15(25-18-7-3-2-4-8-18)21(24)23-16-10-11-17(23)14-19(13-16)26-20-9-5-6-12-22-20/h2-9,12,15-17,19H,10-11,13-14H2,1H3. The molecule has 0 aliphatic carbocycles. The summed E-state index contributed by atoms with van der Waals surface area (Å²) >= 11 is 0. The molecule has 2 aliphatic rings. The molecule has 3 unspecified atom stereocenters. The monoisotopic (exact) mass is 352 g/mol. The molecule has 0 spiro atoms. The van der Waals surface area contributed by atoms with E-state index in [0.717, 1.165) is 31.4 Å². The second kappa shape index (κ2) is 7.36. The first-order valence-corrected chi connectivity index (χ1v) is 9.32. The average Bonchev–Trinajstić information content (AvgIpc) is 2.93. The summed E-state index contributed by atoms with van der Waals surface area (Å²) in [6.45, 7) is 1.84. The predicted octanol–water partition coefficient (Wildman–Crippen LogP) is 3.45. The molecule has 2 saturated heterocycles. The number of hydrogen-bond donors (Lipinski definition) is 0. The SMILES string of the molecule is CC(Oc1ccccc1)C(=O)N1C2CCC1CC(Oc1ccccn1)C2. The lowest BCUT2D eigenvalue weighted by Gasteiger charge is -2.39. The number of benzene rings is 1. The smallest absolute Gasteiger partial charge is 0.263 e. The number of fused-ring (bicyclic) bond motifs is 2. The summed E-state index contributed by atoms with van der Waals surface area (Å²) in [6.07, 6.45) is 5.18. The maximum absolute atomic E-state index is 13.0. The number of hydrogen-bond acceptors (Lipinski definition) is 4. The van der Waals surface area contributed by atoms with E-state index >= 15 is 0 Å². The van der Waals surface area contributed by atoms with Crippen LogP contribution in [-0.4, -0.2) is 40.1 Å². The van der Waals surface area contributed by atoms with E-state index in [1.807, 2.05) is 60.4 Å². The Morgan fingerprint density at radius 3 is 2.42 bits per heavy atom. The Kier molecular flexibility index (Phi) is 4.78. The molecule has 4 rings (SSSR count). The van der Waals surface area contributed by atoms with Crippen molar-refractivity contribution in [2.24, 2.45) is 0 Å². The fraction of sp³-hybridized carbons (Fsp3) is 0.429. The zero-order valence-electron chi connectivity index (χ0n) is 15.0. The summed E-state index contributed by atoms with van der Waals surface area (Å²) in [5.41, 5.74) is 0. The molecule has 3 heterocycles. The van der Waals surface area contributed by atoms with Gasteiger partial charge in [-0.2, -0.15) is 0 Å². The lowest BCUT2D eigenvalue weighted by atomic mass is 9.99. The van der Waals surface area contributed by atoms with Crippen molar-refractivity contribution in [3.8, 4) is 11.6 Å². The van der Waals surface area contributed by atoms with E-state index in [4.69, 9.17) is 9.47 Å². The minimum Gasteiger partial charge on any atom is -0.481 e. The van der Waals surface area contributed by atoms with Gasteiger partial charge in [0.2, 0.25) is 5.88 Å². The first kappa shape index (κ1) is 16.9. The van der Waals surface area contributed by atoms with Crippen molar-refractivity contribution in [2.45, 2.75) is 56.9 Å². The summed E-state index contributed by atoms with van der Waals surface area (Å²) < 4.78 is 11.9. The van der Waals surface area contributed by atoms with Crippen molar-refractivity contribution in [3.05, 3.63) is 54.7 Å². The van der Waals surface area contributed by atoms with Gasteiger partial charge in [0.1, 0.15) is 11.9 Å². The third kappa shape index (κ3) is 3.52. The molecule has 0 saturated carbocycles. The van der Waals surface area contributed by atoms with Crippen molar-refractivity contribution >= 4 is 5.91 Å². The number of amides is 1. The van der Waals surface area contributed by atoms with Crippen molar-refractivity contribution in [3.63, 3.8) is 0 Å². The Bertz CT molecular complexity index is 723. The fourth-order valence-electron chi connectivity index (χ4n) is 4.13. The second-order valence-corrected chi connectivity index (χ2v) is 7.08. The van der Waals surface area contributed by atoms with Gasteiger partial charge in [-0.05, 0) is 38.0 Å². The zero-order chi connectivity index (χ0) is 17.9. The highest BCUT2D eigenvalue weighted by Gasteiger charge is 2.45. The number of aromatic nitrogens is 1. The molecule has 3 atom stereocenters. The summed E-state index contributed by atoms with van der Waals surface area (Å²) in [5, 5.41) is 0. The molecule has 2 fully saturated rings. The maximum Gasteiger partial charge on any atom is 0.263 e. The number of nitrogens with zero attached hydrogens (tertiary/aromatic N) is 2. The van der Waals surface area contributed by atoms with Crippen molar-refractivity contribution in [2.75, 3.05) is 0 Å². The molecule has 26 heavy (non-hydrogen) atoms. The van der Waals surface area contributed by atoms with Crippen molar-refractivity contribution in [1.29, 1.82) is 0 Å². The van der Waals surface area contributed by atoms with E-state index in [2.05, 4.69) is 4.98 Å². The molecule has 1 amide bonds. The molecule has 1 aromatic carbocycles. The Labute approximate surface area is 153 Å². The van der Waals surface area contributed by atoms with Gasteiger partial charge in [-0.3, -0.25) is 4.79 Å². The lowest BCUT2D eigenvalue weighted by molar-refractivity contribution is -0.144.